The van der Waals surface area contributed by atoms with Crippen LogP contribution < -0.4 is 10.6 Å². The molecule has 4 heteroatoms. The molecule has 0 spiro atoms. The molecule has 16 heavy (non-hydrogen) atoms. The second kappa shape index (κ2) is 5.31. The van der Waals surface area contributed by atoms with E-state index in [4.69, 9.17) is 5.26 Å². The fraction of sp³-hybridized carbons (Fsp3) is 0.833. The maximum Gasteiger partial charge on any atom is 0.237 e. The van der Waals surface area contributed by atoms with Crippen LogP contribution in [0.25, 0.3) is 0 Å². The molecule has 1 heterocycles. The zero-order chi connectivity index (χ0) is 11.4. The van der Waals surface area contributed by atoms with Crippen LogP contribution in [-0.2, 0) is 4.79 Å². The number of piperidine rings is 1. The summed E-state index contributed by atoms with van der Waals surface area (Å²) in [5.74, 6) is 0.111. The Hall–Kier alpha value is -1.08. The van der Waals surface area contributed by atoms with E-state index in [1.807, 2.05) is 0 Å². The Morgan fingerprint density at radius 3 is 2.81 bits per heavy atom. The summed E-state index contributed by atoms with van der Waals surface area (Å²) in [6.07, 6.45) is 6.15. The lowest BCUT2D eigenvalue weighted by Crippen LogP contribution is -2.50. The van der Waals surface area contributed by atoms with Crippen molar-refractivity contribution >= 4 is 5.91 Å². The van der Waals surface area contributed by atoms with E-state index in [1.54, 1.807) is 0 Å². The van der Waals surface area contributed by atoms with Gasteiger partial charge in [-0.1, -0.05) is 6.42 Å². The van der Waals surface area contributed by atoms with Crippen molar-refractivity contribution in [3.05, 3.63) is 0 Å². The summed E-state index contributed by atoms with van der Waals surface area (Å²) in [4.78, 5) is 11.9. The molecule has 1 saturated heterocycles. The van der Waals surface area contributed by atoms with Gasteiger partial charge in [0.25, 0.3) is 0 Å². The van der Waals surface area contributed by atoms with E-state index in [0.29, 0.717) is 0 Å². The smallest absolute Gasteiger partial charge is 0.237 e. The molecular weight excluding hydrogens is 202 g/mol. The molecule has 2 fully saturated rings. The lowest BCUT2D eigenvalue weighted by Gasteiger charge is -2.25. The van der Waals surface area contributed by atoms with Crippen LogP contribution in [-0.4, -0.2) is 24.5 Å². The van der Waals surface area contributed by atoms with Gasteiger partial charge in [0, 0.05) is 6.04 Å². The van der Waals surface area contributed by atoms with E-state index in [1.165, 1.54) is 0 Å². The standard InChI is InChI=1S/C12H19N3O/c13-8-9-4-3-6-10(9)15-12(16)11-5-1-2-7-14-11/h9-11,14H,1-7H2,(H,15,16)/t9?,10?,11-/m0/s1. The first-order chi connectivity index (χ1) is 7.81. The first kappa shape index (κ1) is 11.4. The molecular formula is C12H19N3O. The third kappa shape index (κ3) is 2.53. The minimum absolute atomic E-state index is 0.0209. The molecule has 2 aliphatic rings. The van der Waals surface area contributed by atoms with Gasteiger partial charge in [-0.2, -0.15) is 5.26 Å². The predicted octanol–water partition coefficient (Wildman–Crippen LogP) is 0.937. The van der Waals surface area contributed by atoms with Crippen molar-refractivity contribution in [2.24, 2.45) is 5.92 Å². The average Bonchev–Trinajstić information content (AvgIpc) is 2.77. The molecule has 3 atom stereocenters. The van der Waals surface area contributed by atoms with Gasteiger partial charge < -0.3 is 10.6 Å². The third-order valence-corrected chi connectivity index (χ3v) is 3.64. The summed E-state index contributed by atoms with van der Waals surface area (Å²) in [7, 11) is 0. The van der Waals surface area contributed by atoms with Gasteiger partial charge in [-0.3, -0.25) is 4.79 Å². The molecule has 1 amide bonds. The summed E-state index contributed by atoms with van der Waals surface area (Å²) < 4.78 is 0. The minimum atomic E-state index is -0.0336. The van der Waals surface area contributed by atoms with E-state index in [2.05, 4.69) is 16.7 Å². The van der Waals surface area contributed by atoms with Gasteiger partial charge in [0.05, 0.1) is 18.0 Å². The molecule has 1 saturated carbocycles. The summed E-state index contributed by atoms with van der Waals surface area (Å²) in [5, 5.41) is 15.2. The summed E-state index contributed by atoms with van der Waals surface area (Å²) in [6.45, 7) is 0.935. The fourth-order valence-electron chi connectivity index (χ4n) is 2.65. The van der Waals surface area contributed by atoms with Gasteiger partial charge in [-0.25, -0.2) is 0 Å². The molecule has 0 radical (unpaired) electrons. The number of nitrogens with zero attached hydrogens (tertiary/aromatic N) is 1. The molecule has 0 aromatic heterocycles. The highest BCUT2D eigenvalue weighted by Crippen LogP contribution is 2.25. The predicted molar refractivity (Wildman–Crippen MR) is 60.5 cm³/mol. The van der Waals surface area contributed by atoms with E-state index in [0.717, 1.165) is 45.1 Å². The van der Waals surface area contributed by atoms with E-state index in [9.17, 15) is 4.79 Å². The molecule has 1 aliphatic heterocycles. The highest BCUT2D eigenvalue weighted by atomic mass is 16.2. The van der Waals surface area contributed by atoms with E-state index < -0.39 is 0 Å². The van der Waals surface area contributed by atoms with Crippen molar-refractivity contribution < 1.29 is 4.79 Å². The normalized spacial score (nSPS) is 34.3. The van der Waals surface area contributed by atoms with Gasteiger partial charge in [0.15, 0.2) is 0 Å². The Morgan fingerprint density at radius 2 is 2.12 bits per heavy atom. The summed E-state index contributed by atoms with van der Waals surface area (Å²) >= 11 is 0. The lowest BCUT2D eigenvalue weighted by atomic mass is 10.0. The second-order valence-corrected chi connectivity index (χ2v) is 4.78. The summed E-state index contributed by atoms with van der Waals surface area (Å²) in [6, 6.07) is 2.34. The van der Waals surface area contributed by atoms with Gasteiger partial charge in [0.1, 0.15) is 0 Å². The minimum Gasteiger partial charge on any atom is -0.351 e. The fourth-order valence-corrected chi connectivity index (χ4v) is 2.65. The first-order valence-corrected chi connectivity index (χ1v) is 6.24. The zero-order valence-corrected chi connectivity index (χ0v) is 9.54. The Morgan fingerprint density at radius 1 is 1.25 bits per heavy atom. The van der Waals surface area contributed by atoms with Crippen LogP contribution in [0.4, 0.5) is 0 Å². The molecule has 0 aromatic carbocycles. The average molecular weight is 221 g/mol. The zero-order valence-electron chi connectivity index (χ0n) is 9.54. The Balaban J connectivity index is 1.84. The van der Waals surface area contributed by atoms with Crippen molar-refractivity contribution in [2.75, 3.05) is 6.54 Å². The molecule has 2 N–H and O–H groups in total. The molecule has 0 aromatic rings. The molecule has 1 aliphatic carbocycles. The topological polar surface area (TPSA) is 64.9 Å². The number of rotatable bonds is 2. The Bertz CT molecular complexity index is 291. The van der Waals surface area contributed by atoms with Crippen molar-refractivity contribution in [1.82, 2.24) is 10.6 Å². The highest BCUT2D eigenvalue weighted by molar-refractivity contribution is 5.82. The number of carbonyl (C=O) groups is 1. The van der Waals surface area contributed by atoms with Crippen LogP contribution >= 0.6 is 0 Å². The first-order valence-electron chi connectivity index (χ1n) is 6.24. The Labute approximate surface area is 96.4 Å². The molecule has 2 unspecified atom stereocenters. The monoisotopic (exact) mass is 221 g/mol. The maximum atomic E-state index is 11.9. The van der Waals surface area contributed by atoms with Crippen LogP contribution in [0.15, 0.2) is 0 Å². The Kier molecular flexibility index (Phi) is 3.79. The third-order valence-electron chi connectivity index (χ3n) is 3.64. The van der Waals surface area contributed by atoms with Gasteiger partial charge in [-0.05, 0) is 38.6 Å². The summed E-state index contributed by atoms with van der Waals surface area (Å²) in [5.41, 5.74) is 0. The van der Waals surface area contributed by atoms with Crippen LogP contribution in [0.5, 0.6) is 0 Å². The van der Waals surface area contributed by atoms with Crippen LogP contribution in [0.2, 0.25) is 0 Å². The van der Waals surface area contributed by atoms with Crippen LogP contribution in [0.1, 0.15) is 38.5 Å². The molecule has 4 nitrogen and oxygen atoms in total. The maximum absolute atomic E-state index is 11.9. The van der Waals surface area contributed by atoms with Gasteiger partial charge in [-0.15, -0.1) is 0 Å². The van der Waals surface area contributed by atoms with Crippen molar-refractivity contribution in [1.29, 1.82) is 5.26 Å². The van der Waals surface area contributed by atoms with Gasteiger partial charge in [0.2, 0.25) is 5.91 Å². The number of hydrogen-bond acceptors (Lipinski definition) is 3. The van der Waals surface area contributed by atoms with Crippen LogP contribution in [0.3, 0.4) is 0 Å². The quantitative estimate of drug-likeness (QED) is 0.729. The molecule has 88 valence electrons. The number of carbonyl (C=O) groups excluding carboxylic acids is 1. The number of nitriles is 1. The van der Waals surface area contributed by atoms with Crippen LogP contribution in [0, 0.1) is 17.2 Å². The second-order valence-electron chi connectivity index (χ2n) is 4.78. The lowest BCUT2D eigenvalue weighted by molar-refractivity contribution is -0.124. The van der Waals surface area contributed by atoms with Crippen molar-refractivity contribution in [2.45, 2.75) is 50.6 Å². The molecule has 0 bridgehead atoms. The highest BCUT2D eigenvalue weighted by Gasteiger charge is 2.30. The number of hydrogen-bond donors (Lipinski definition) is 2. The molecule has 2 rings (SSSR count). The number of nitrogens with one attached hydrogen (secondary N) is 2. The number of amides is 1. The van der Waals surface area contributed by atoms with Crippen molar-refractivity contribution in [3.63, 3.8) is 0 Å². The van der Waals surface area contributed by atoms with Gasteiger partial charge >= 0.3 is 0 Å². The van der Waals surface area contributed by atoms with E-state index in [-0.39, 0.29) is 23.9 Å². The van der Waals surface area contributed by atoms with E-state index >= 15 is 0 Å². The SMILES string of the molecule is N#CC1CCCC1NC(=O)[C@@H]1CCCCN1. The largest absolute Gasteiger partial charge is 0.351 e. The van der Waals surface area contributed by atoms with Crippen molar-refractivity contribution in [3.8, 4) is 6.07 Å².